The minimum absolute atomic E-state index is 0.0593. The molecule has 108 valence electrons. The number of nitrogens with zero attached hydrogens (tertiary/aromatic N) is 2. The molecule has 2 aromatic rings. The zero-order chi connectivity index (χ0) is 14.7. The third-order valence-electron chi connectivity index (χ3n) is 2.58. The van der Waals surface area contributed by atoms with Crippen LogP contribution in [0.4, 0.5) is 8.78 Å². The second-order valence-electron chi connectivity index (χ2n) is 4.09. The molecule has 8 heteroatoms. The van der Waals surface area contributed by atoms with Crippen molar-refractivity contribution in [1.29, 1.82) is 0 Å². The third kappa shape index (κ3) is 3.65. The van der Waals surface area contributed by atoms with Crippen LogP contribution >= 0.6 is 23.2 Å². The fourth-order valence-electron chi connectivity index (χ4n) is 1.57. The van der Waals surface area contributed by atoms with E-state index in [2.05, 4.69) is 10.1 Å². The van der Waals surface area contributed by atoms with E-state index in [0.29, 0.717) is 15.6 Å². The van der Waals surface area contributed by atoms with Crippen molar-refractivity contribution in [2.24, 2.45) is 0 Å². The second-order valence-corrected chi connectivity index (χ2v) is 4.90. The van der Waals surface area contributed by atoms with Crippen LogP contribution in [0.5, 0.6) is 0 Å². The van der Waals surface area contributed by atoms with Gasteiger partial charge in [-0.3, -0.25) is 0 Å². The summed E-state index contributed by atoms with van der Waals surface area (Å²) in [4.78, 5) is 3.92. The number of halogens is 4. The van der Waals surface area contributed by atoms with Gasteiger partial charge < -0.3 is 9.63 Å². The minimum atomic E-state index is -2.86. The topological polar surface area (TPSA) is 59.2 Å². The lowest BCUT2D eigenvalue weighted by molar-refractivity contribution is -0.00754. The minimum Gasteiger partial charge on any atom is -0.387 e. The molecule has 0 radical (unpaired) electrons. The van der Waals surface area contributed by atoms with Gasteiger partial charge in [0.25, 0.3) is 6.43 Å². The number of aliphatic hydroxyl groups is 1. The molecule has 0 spiro atoms. The number of hydrogen-bond acceptors (Lipinski definition) is 4. The average Bonchev–Trinajstić information content (AvgIpc) is 2.81. The fraction of sp³-hybridized carbons (Fsp3) is 0.333. The van der Waals surface area contributed by atoms with Gasteiger partial charge in [-0.1, -0.05) is 34.4 Å². The Morgan fingerprint density at radius 3 is 2.50 bits per heavy atom. The van der Waals surface area contributed by atoms with E-state index in [4.69, 9.17) is 32.8 Å². The predicted octanol–water partition coefficient (Wildman–Crippen LogP) is 3.14. The highest BCUT2D eigenvalue weighted by Crippen LogP contribution is 2.26. The van der Waals surface area contributed by atoms with Crippen LogP contribution in [0.2, 0.25) is 10.0 Å². The molecule has 0 aliphatic heterocycles. The van der Waals surface area contributed by atoms with E-state index in [0.717, 1.165) is 0 Å². The van der Waals surface area contributed by atoms with E-state index in [1.807, 2.05) is 0 Å². The molecule has 0 fully saturated rings. The van der Waals surface area contributed by atoms with E-state index in [-0.39, 0.29) is 18.1 Å². The highest BCUT2D eigenvalue weighted by Gasteiger charge is 2.21. The average molecular weight is 323 g/mol. The molecule has 4 nitrogen and oxygen atoms in total. The molecule has 0 aliphatic carbocycles. The lowest BCUT2D eigenvalue weighted by Crippen LogP contribution is -2.20. The Kier molecular flexibility index (Phi) is 4.91. The van der Waals surface area contributed by atoms with Crippen molar-refractivity contribution in [3.8, 4) is 0 Å². The first-order valence-corrected chi connectivity index (χ1v) is 6.43. The van der Waals surface area contributed by atoms with Crippen LogP contribution in [0.25, 0.3) is 0 Å². The second kappa shape index (κ2) is 6.47. The van der Waals surface area contributed by atoms with Crippen molar-refractivity contribution in [3.63, 3.8) is 0 Å². The van der Waals surface area contributed by atoms with E-state index >= 15 is 0 Å². The molecular formula is C12H10Cl2F2N2O2. The van der Waals surface area contributed by atoms with Gasteiger partial charge in [-0.25, -0.2) is 8.78 Å². The Morgan fingerprint density at radius 2 is 1.90 bits per heavy atom. The molecule has 0 saturated heterocycles. The third-order valence-corrected chi connectivity index (χ3v) is 3.29. The van der Waals surface area contributed by atoms with E-state index in [9.17, 15) is 8.78 Å². The molecule has 1 aromatic heterocycles. The van der Waals surface area contributed by atoms with Gasteiger partial charge in [-0.05, 0) is 17.7 Å². The van der Waals surface area contributed by atoms with Crippen LogP contribution in [0.15, 0.2) is 22.7 Å². The lowest BCUT2D eigenvalue weighted by Gasteiger charge is -2.04. The maximum atomic E-state index is 12.2. The van der Waals surface area contributed by atoms with Crippen LogP contribution in [-0.2, 0) is 12.8 Å². The standard InChI is InChI=1S/C12H10Cl2F2N2O2/c13-7-2-1-3-8(14)6(7)4-10-17-11(20-18-10)5-9(19)12(15)16/h1-3,9,12,19H,4-5H2. The Bertz CT molecular complexity index is 572. The van der Waals surface area contributed by atoms with Crippen molar-refractivity contribution in [3.05, 3.63) is 45.5 Å². The first-order chi connectivity index (χ1) is 9.47. The number of rotatable bonds is 5. The Morgan fingerprint density at radius 1 is 1.25 bits per heavy atom. The maximum absolute atomic E-state index is 12.2. The SMILES string of the molecule is OC(Cc1nc(Cc2c(Cl)cccc2Cl)no1)C(F)F. The van der Waals surface area contributed by atoms with Crippen LogP contribution in [-0.4, -0.2) is 27.8 Å². The Balaban J connectivity index is 2.10. The Labute approximate surface area is 123 Å². The summed E-state index contributed by atoms with van der Waals surface area (Å²) < 4.78 is 29.2. The van der Waals surface area contributed by atoms with Crippen molar-refractivity contribution < 1.29 is 18.4 Å². The van der Waals surface area contributed by atoms with Gasteiger partial charge in [0.05, 0.1) is 6.42 Å². The molecule has 1 heterocycles. The first kappa shape index (κ1) is 15.2. The molecule has 20 heavy (non-hydrogen) atoms. The van der Waals surface area contributed by atoms with Crippen LogP contribution in [0.3, 0.4) is 0 Å². The van der Waals surface area contributed by atoms with Crippen molar-refractivity contribution in [2.45, 2.75) is 25.4 Å². The van der Waals surface area contributed by atoms with Gasteiger partial charge in [-0.15, -0.1) is 0 Å². The molecule has 0 aliphatic rings. The summed E-state index contributed by atoms with van der Waals surface area (Å²) in [5, 5.41) is 13.6. The van der Waals surface area contributed by atoms with Gasteiger partial charge >= 0.3 is 0 Å². The molecule has 1 atom stereocenters. The maximum Gasteiger partial charge on any atom is 0.264 e. The zero-order valence-electron chi connectivity index (χ0n) is 10.1. The molecule has 0 bridgehead atoms. The monoisotopic (exact) mass is 322 g/mol. The van der Waals surface area contributed by atoms with E-state index in [1.165, 1.54) is 0 Å². The summed E-state index contributed by atoms with van der Waals surface area (Å²) in [6, 6.07) is 5.05. The molecular weight excluding hydrogens is 313 g/mol. The van der Waals surface area contributed by atoms with E-state index in [1.54, 1.807) is 18.2 Å². The molecule has 1 N–H and O–H groups in total. The van der Waals surface area contributed by atoms with Gasteiger partial charge in [0.2, 0.25) is 5.89 Å². The number of aromatic nitrogens is 2. The number of alkyl halides is 2. The number of benzene rings is 1. The van der Waals surface area contributed by atoms with Gasteiger partial charge in [-0.2, -0.15) is 4.98 Å². The van der Waals surface area contributed by atoms with Crippen LogP contribution in [0.1, 0.15) is 17.3 Å². The predicted molar refractivity (Wildman–Crippen MR) is 69.3 cm³/mol. The van der Waals surface area contributed by atoms with Crippen molar-refractivity contribution >= 4 is 23.2 Å². The first-order valence-electron chi connectivity index (χ1n) is 5.68. The Hall–Kier alpha value is -1.24. The molecule has 2 rings (SSSR count). The smallest absolute Gasteiger partial charge is 0.264 e. The van der Waals surface area contributed by atoms with Crippen LogP contribution < -0.4 is 0 Å². The largest absolute Gasteiger partial charge is 0.387 e. The summed E-state index contributed by atoms with van der Waals surface area (Å²) in [6.45, 7) is 0. The number of hydrogen-bond donors (Lipinski definition) is 1. The lowest BCUT2D eigenvalue weighted by atomic mass is 10.1. The van der Waals surface area contributed by atoms with E-state index < -0.39 is 19.0 Å². The highest BCUT2D eigenvalue weighted by molar-refractivity contribution is 6.36. The van der Waals surface area contributed by atoms with Gasteiger partial charge in [0.15, 0.2) is 5.82 Å². The summed E-state index contributed by atoms with van der Waals surface area (Å²) >= 11 is 12.0. The molecule has 1 aromatic carbocycles. The van der Waals surface area contributed by atoms with Gasteiger partial charge in [0.1, 0.15) is 6.10 Å². The summed E-state index contributed by atoms with van der Waals surface area (Å²) in [6.07, 6.45) is -4.87. The van der Waals surface area contributed by atoms with Gasteiger partial charge in [0, 0.05) is 16.5 Å². The summed E-state index contributed by atoms with van der Waals surface area (Å²) in [7, 11) is 0. The molecule has 0 saturated carbocycles. The molecule has 1 unspecified atom stereocenters. The zero-order valence-corrected chi connectivity index (χ0v) is 11.6. The summed E-state index contributed by atoms with van der Waals surface area (Å²) in [5.74, 6) is 0.201. The quantitative estimate of drug-likeness (QED) is 0.918. The highest BCUT2D eigenvalue weighted by atomic mass is 35.5. The summed E-state index contributed by atoms with van der Waals surface area (Å²) in [5.41, 5.74) is 0.623. The normalized spacial score (nSPS) is 12.9. The molecule has 0 amide bonds. The fourth-order valence-corrected chi connectivity index (χ4v) is 2.10. The van der Waals surface area contributed by atoms with Crippen molar-refractivity contribution in [1.82, 2.24) is 10.1 Å². The van der Waals surface area contributed by atoms with Crippen molar-refractivity contribution in [2.75, 3.05) is 0 Å². The van der Waals surface area contributed by atoms with Crippen LogP contribution in [0, 0.1) is 0 Å². The number of aliphatic hydroxyl groups excluding tert-OH is 1.